The monoisotopic (exact) mass is 249 g/mol. The summed E-state index contributed by atoms with van der Waals surface area (Å²) in [6, 6.07) is 0. The van der Waals surface area contributed by atoms with Crippen LogP contribution in [0.2, 0.25) is 0 Å². The zero-order valence-corrected chi connectivity index (χ0v) is 9.60. The summed E-state index contributed by atoms with van der Waals surface area (Å²) in [5.74, 6) is -0.451. The molecule has 17 heavy (non-hydrogen) atoms. The fourth-order valence-electron chi connectivity index (χ4n) is 1.20. The van der Waals surface area contributed by atoms with Gasteiger partial charge in [-0.15, -0.1) is 0 Å². The van der Waals surface area contributed by atoms with E-state index < -0.39 is 36.9 Å². The maximum absolute atomic E-state index is 11.1. The molecule has 0 aromatic carbocycles. The van der Waals surface area contributed by atoms with E-state index in [0.29, 0.717) is 0 Å². The highest BCUT2D eigenvalue weighted by Gasteiger charge is 2.30. The molecule has 0 aliphatic heterocycles. The number of likely N-dealkylation sites (N-methyl/N-ethyl adjacent to an activating group) is 1. The molecule has 100 valence electrons. The van der Waals surface area contributed by atoms with E-state index in [0.717, 1.165) is 11.0 Å². The first-order chi connectivity index (χ1) is 7.84. The Balaban J connectivity index is 4.35. The third-order valence-corrected chi connectivity index (χ3v) is 2.34. The van der Waals surface area contributed by atoms with E-state index in [-0.39, 0.29) is 6.54 Å². The molecule has 0 bridgehead atoms. The molecule has 0 unspecified atom stereocenters. The first-order valence-electron chi connectivity index (χ1n) is 5.05. The van der Waals surface area contributed by atoms with Crippen LogP contribution in [0, 0.1) is 0 Å². The van der Waals surface area contributed by atoms with E-state index in [1.54, 1.807) is 0 Å². The molecular weight excluding hydrogens is 230 g/mol. The van der Waals surface area contributed by atoms with Gasteiger partial charge in [-0.2, -0.15) is 0 Å². The second-order valence-electron chi connectivity index (χ2n) is 3.72. The number of carbonyl (C=O) groups excluding carboxylic acids is 1. The van der Waals surface area contributed by atoms with E-state index in [1.807, 2.05) is 0 Å². The van der Waals surface area contributed by atoms with Crippen LogP contribution in [0.15, 0.2) is 12.7 Å². The van der Waals surface area contributed by atoms with Gasteiger partial charge in [-0.05, 0) is 6.08 Å². The van der Waals surface area contributed by atoms with E-state index in [4.69, 9.17) is 10.2 Å². The van der Waals surface area contributed by atoms with Gasteiger partial charge < -0.3 is 30.4 Å². The highest BCUT2D eigenvalue weighted by molar-refractivity contribution is 5.86. The lowest BCUT2D eigenvalue weighted by Gasteiger charge is -2.28. The highest BCUT2D eigenvalue weighted by Crippen LogP contribution is 2.06. The van der Waals surface area contributed by atoms with Gasteiger partial charge in [0.1, 0.15) is 24.4 Å². The molecule has 0 aromatic heterocycles. The zero-order valence-electron chi connectivity index (χ0n) is 9.60. The molecular formula is C10H19NO6. The van der Waals surface area contributed by atoms with Gasteiger partial charge in [0.15, 0.2) is 0 Å². The zero-order chi connectivity index (χ0) is 13.6. The van der Waals surface area contributed by atoms with Gasteiger partial charge in [-0.25, -0.2) is 0 Å². The average Bonchev–Trinajstić information content (AvgIpc) is 2.34. The Hall–Kier alpha value is -0.990. The fourth-order valence-corrected chi connectivity index (χ4v) is 1.20. The Morgan fingerprint density at radius 2 is 1.71 bits per heavy atom. The minimum Gasteiger partial charge on any atom is -0.394 e. The molecule has 1 amide bonds. The molecule has 0 saturated heterocycles. The molecule has 0 rings (SSSR count). The molecule has 0 aromatic rings. The Bertz CT molecular complexity index is 259. The molecule has 0 heterocycles. The summed E-state index contributed by atoms with van der Waals surface area (Å²) < 4.78 is 0. The van der Waals surface area contributed by atoms with Crippen molar-refractivity contribution >= 4 is 5.91 Å². The second-order valence-corrected chi connectivity index (χ2v) is 3.72. The van der Waals surface area contributed by atoms with Gasteiger partial charge >= 0.3 is 0 Å². The maximum Gasteiger partial charge on any atom is 0.245 e. The summed E-state index contributed by atoms with van der Waals surface area (Å²) in [7, 11) is 1.38. The molecule has 0 fully saturated rings. The van der Waals surface area contributed by atoms with Gasteiger partial charge in [0, 0.05) is 13.6 Å². The van der Waals surface area contributed by atoms with Crippen molar-refractivity contribution in [2.45, 2.75) is 24.4 Å². The quantitative estimate of drug-likeness (QED) is 0.308. The number of hydrogen-bond donors (Lipinski definition) is 5. The van der Waals surface area contributed by atoms with E-state index in [2.05, 4.69) is 6.58 Å². The topological polar surface area (TPSA) is 121 Å². The summed E-state index contributed by atoms with van der Waals surface area (Å²) >= 11 is 0. The van der Waals surface area contributed by atoms with Crippen molar-refractivity contribution in [3.05, 3.63) is 12.7 Å². The Kier molecular flexibility index (Phi) is 6.93. The molecule has 0 aliphatic carbocycles. The second kappa shape index (κ2) is 7.36. The van der Waals surface area contributed by atoms with Crippen LogP contribution in [-0.2, 0) is 4.79 Å². The van der Waals surface area contributed by atoms with Crippen molar-refractivity contribution in [1.29, 1.82) is 0 Å². The summed E-state index contributed by atoms with van der Waals surface area (Å²) in [6.07, 6.45) is -5.32. The summed E-state index contributed by atoms with van der Waals surface area (Å²) in [4.78, 5) is 12.2. The van der Waals surface area contributed by atoms with Gasteiger partial charge in [0.2, 0.25) is 5.91 Å². The van der Waals surface area contributed by atoms with Crippen LogP contribution >= 0.6 is 0 Å². The lowest BCUT2D eigenvalue weighted by Crippen LogP contribution is -2.49. The van der Waals surface area contributed by atoms with Crippen molar-refractivity contribution in [2.24, 2.45) is 0 Å². The third-order valence-electron chi connectivity index (χ3n) is 2.34. The third kappa shape index (κ3) is 4.80. The maximum atomic E-state index is 11.1. The number of amides is 1. The van der Waals surface area contributed by atoms with Crippen LogP contribution in [0.4, 0.5) is 0 Å². The van der Waals surface area contributed by atoms with Crippen LogP contribution in [-0.4, -0.2) is 81.0 Å². The van der Waals surface area contributed by atoms with Gasteiger partial charge in [0.25, 0.3) is 0 Å². The molecule has 5 N–H and O–H groups in total. The van der Waals surface area contributed by atoms with Crippen LogP contribution in [0.25, 0.3) is 0 Å². The number of hydrogen-bond acceptors (Lipinski definition) is 6. The van der Waals surface area contributed by atoms with Gasteiger partial charge in [-0.3, -0.25) is 4.79 Å². The average molecular weight is 249 g/mol. The molecule has 0 radical (unpaired) electrons. The SMILES string of the molecule is C=CC(=O)N(C)C[C@H](O)[C@@H](O)[C@H](O)[C@H](O)CO. The van der Waals surface area contributed by atoms with Crippen molar-refractivity contribution in [2.75, 3.05) is 20.2 Å². The summed E-state index contributed by atoms with van der Waals surface area (Å²) in [5.41, 5.74) is 0. The van der Waals surface area contributed by atoms with Gasteiger partial charge in [0.05, 0.1) is 6.61 Å². The first-order valence-corrected chi connectivity index (χ1v) is 5.05. The predicted octanol–water partition coefficient (Wildman–Crippen LogP) is -2.93. The number of aliphatic hydroxyl groups excluding tert-OH is 5. The van der Waals surface area contributed by atoms with E-state index >= 15 is 0 Å². The lowest BCUT2D eigenvalue weighted by atomic mass is 10.0. The lowest BCUT2D eigenvalue weighted by molar-refractivity contribution is -0.134. The van der Waals surface area contributed by atoms with Crippen molar-refractivity contribution in [3.8, 4) is 0 Å². The standard InChI is InChI=1S/C10H19NO6/c1-3-8(15)11(2)4-6(13)9(16)10(17)7(14)5-12/h3,6-7,9-10,12-14,16-17H,1,4-5H2,2H3/t6-,7+,9+,10+/m0/s1. The van der Waals surface area contributed by atoms with Crippen molar-refractivity contribution in [1.82, 2.24) is 4.90 Å². The number of nitrogens with zero attached hydrogens (tertiary/aromatic N) is 1. The highest BCUT2D eigenvalue weighted by atomic mass is 16.4. The predicted molar refractivity (Wildman–Crippen MR) is 58.9 cm³/mol. The minimum atomic E-state index is -1.69. The molecule has 7 heteroatoms. The molecule has 0 aliphatic rings. The van der Waals surface area contributed by atoms with E-state index in [1.165, 1.54) is 7.05 Å². The smallest absolute Gasteiger partial charge is 0.245 e. The minimum absolute atomic E-state index is 0.235. The van der Waals surface area contributed by atoms with E-state index in [9.17, 15) is 20.1 Å². The van der Waals surface area contributed by atoms with Crippen LogP contribution in [0.3, 0.4) is 0 Å². The number of carbonyl (C=O) groups is 1. The van der Waals surface area contributed by atoms with Gasteiger partial charge in [-0.1, -0.05) is 6.58 Å². The van der Waals surface area contributed by atoms with Crippen LogP contribution in [0.5, 0.6) is 0 Å². The van der Waals surface area contributed by atoms with Crippen molar-refractivity contribution in [3.63, 3.8) is 0 Å². The first kappa shape index (κ1) is 16.0. The molecule has 4 atom stereocenters. The number of rotatable bonds is 7. The molecule has 0 saturated carbocycles. The summed E-state index contributed by atoms with van der Waals surface area (Å²) in [5, 5.41) is 45.9. The normalized spacial score (nSPS) is 18.0. The van der Waals surface area contributed by atoms with Crippen LogP contribution in [0.1, 0.15) is 0 Å². The summed E-state index contributed by atoms with van der Waals surface area (Å²) in [6.45, 7) is 2.27. The Morgan fingerprint density at radius 1 is 1.24 bits per heavy atom. The van der Waals surface area contributed by atoms with Crippen LogP contribution < -0.4 is 0 Å². The molecule has 7 nitrogen and oxygen atoms in total. The molecule has 0 spiro atoms. The number of aliphatic hydroxyl groups is 5. The van der Waals surface area contributed by atoms with Crippen molar-refractivity contribution < 1.29 is 30.3 Å². The fraction of sp³-hybridized carbons (Fsp3) is 0.700. The Labute approximate surface area is 99.2 Å². The largest absolute Gasteiger partial charge is 0.394 e. The Morgan fingerprint density at radius 3 is 2.12 bits per heavy atom.